The zero-order valence-electron chi connectivity index (χ0n) is 15.8. The largest absolute Gasteiger partial charge is 0.341 e. The second-order valence-electron chi connectivity index (χ2n) is 6.86. The fraction of sp³-hybridized carbons (Fsp3) is 0.450. The number of halogens is 1. The second-order valence-corrected chi connectivity index (χ2v) is 7.80. The minimum atomic E-state index is -0.211. The SMILES string of the molecule is Cc1cc(C)nc(SCC(=O)N2CCCN(Cc3ccc(F)cc3)CC2)n1. The summed E-state index contributed by atoms with van der Waals surface area (Å²) in [6.07, 6.45) is 0.942. The van der Waals surface area contributed by atoms with Crippen LogP contribution in [0.5, 0.6) is 0 Å². The molecule has 0 atom stereocenters. The Hall–Kier alpha value is -1.99. The highest BCUT2D eigenvalue weighted by Crippen LogP contribution is 2.16. The average molecular weight is 389 g/mol. The molecule has 0 radical (unpaired) electrons. The van der Waals surface area contributed by atoms with Gasteiger partial charge in [-0.25, -0.2) is 14.4 Å². The Morgan fingerprint density at radius 2 is 1.78 bits per heavy atom. The van der Waals surface area contributed by atoms with Gasteiger partial charge in [-0.1, -0.05) is 23.9 Å². The summed E-state index contributed by atoms with van der Waals surface area (Å²) >= 11 is 1.40. The third-order valence-corrected chi connectivity index (χ3v) is 5.38. The molecule has 5 nitrogen and oxygen atoms in total. The Morgan fingerprint density at radius 3 is 2.48 bits per heavy atom. The molecule has 1 fully saturated rings. The number of benzene rings is 1. The molecule has 1 saturated heterocycles. The maximum Gasteiger partial charge on any atom is 0.233 e. The fourth-order valence-corrected chi connectivity index (χ4v) is 4.05. The maximum absolute atomic E-state index is 13.0. The van der Waals surface area contributed by atoms with Gasteiger partial charge in [0.15, 0.2) is 5.16 Å². The molecule has 1 aromatic heterocycles. The van der Waals surface area contributed by atoms with Crippen molar-refractivity contribution >= 4 is 17.7 Å². The Morgan fingerprint density at radius 1 is 1.07 bits per heavy atom. The molecule has 0 saturated carbocycles. The van der Waals surface area contributed by atoms with E-state index in [0.717, 1.165) is 49.6 Å². The van der Waals surface area contributed by atoms with Crippen molar-refractivity contribution in [1.29, 1.82) is 0 Å². The first-order valence-electron chi connectivity index (χ1n) is 9.19. The fourth-order valence-electron chi connectivity index (χ4n) is 3.20. The van der Waals surface area contributed by atoms with Gasteiger partial charge in [0, 0.05) is 44.1 Å². The van der Waals surface area contributed by atoms with Gasteiger partial charge in [0.1, 0.15) is 5.82 Å². The second kappa shape index (κ2) is 9.28. The highest BCUT2D eigenvalue weighted by atomic mass is 32.2. The molecule has 0 N–H and O–H groups in total. The molecule has 2 heterocycles. The monoisotopic (exact) mass is 388 g/mol. The summed E-state index contributed by atoms with van der Waals surface area (Å²) in [6, 6.07) is 8.56. The summed E-state index contributed by atoms with van der Waals surface area (Å²) < 4.78 is 13.0. The van der Waals surface area contributed by atoms with Gasteiger partial charge in [-0.3, -0.25) is 9.69 Å². The molecule has 27 heavy (non-hydrogen) atoms. The summed E-state index contributed by atoms with van der Waals surface area (Å²) in [5.74, 6) is 0.281. The molecule has 144 valence electrons. The van der Waals surface area contributed by atoms with Gasteiger partial charge in [0.2, 0.25) is 5.91 Å². The average Bonchev–Trinajstić information content (AvgIpc) is 2.86. The molecular formula is C20H25FN4OS. The van der Waals surface area contributed by atoms with Crippen molar-refractivity contribution in [2.75, 3.05) is 31.9 Å². The lowest BCUT2D eigenvalue weighted by molar-refractivity contribution is -0.128. The van der Waals surface area contributed by atoms with Gasteiger partial charge in [-0.05, 0) is 44.0 Å². The molecule has 0 bridgehead atoms. The lowest BCUT2D eigenvalue weighted by atomic mass is 10.2. The number of thioether (sulfide) groups is 1. The van der Waals surface area contributed by atoms with Crippen molar-refractivity contribution < 1.29 is 9.18 Å². The number of carbonyl (C=O) groups excluding carboxylic acids is 1. The molecular weight excluding hydrogens is 363 g/mol. The Bertz CT molecular complexity index is 764. The van der Waals surface area contributed by atoms with Gasteiger partial charge < -0.3 is 4.90 Å². The van der Waals surface area contributed by atoms with Crippen LogP contribution < -0.4 is 0 Å². The number of nitrogens with zero attached hydrogens (tertiary/aromatic N) is 4. The Balaban J connectivity index is 1.49. The quantitative estimate of drug-likeness (QED) is 0.582. The summed E-state index contributed by atoms with van der Waals surface area (Å²) in [4.78, 5) is 25.6. The van der Waals surface area contributed by atoms with Crippen LogP contribution in [0.15, 0.2) is 35.5 Å². The minimum absolute atomic E-state index is 0.131. The number of hydrogen-bond acceptors (Lipinski definition) is 5. The summed E-state index contributed by atoms with van der Waals surface area (Å²) in [5, 5.41) is 0.661. The zero-order chi connectivity index (χ0) is 19.2. The van der Waals surface area contributed by atoms with E-state index in [2.05, 4.69) is 14.9 Å². The number of carbonyl (C=O) groups is 1. The standard InChI is InChI=1S/C20H25FN4OS/c1-15-12-16(2)23-20(22-15)27-14-19(26)25-9-3-8-24(10-11-25)13-17-4-6-18(21)7-5-17/h4-7,12H,3,8-11,13-14H2,1-2H3. The van der Waals surface area contributed by atoms with E-state index in [1.54, 1.807) is 0 Å². The van der Waals surface area contributed by atoms with Crippen LogP contribution in [0.4, 0.5) is 4.39 Å². The van der Waals surface area contributed by atoms with Gasteiger partial charge in [0.05, 0.1) is 5.75 Å². The predicted octanol–water partition coefficient (Wildman–Crippen LogP) is 3.06. The van der Waals surface area contributed by atoms with Crippen LogP contribution in [0, 0.1) is 19.7 Å². The third-order valence-electron chi connectivity index (χ3n) is 4.55. The van der Waals surface area contributed by atoms with Crippen LogP contribution >= 0.6 is 11.8 Å². The predicted molar refractivity (Wildman–Crippen MR) is 105 cm³/mol. The Kier molecular flexibility index (Phi) is 6.79. The van der Waals surface area contributed by atoms with Crippen molar-refractivity contribution in [1.82, 2.24) is 19.8 Å². The normalized spacial score (nSPS) is 15.6. The summed E-state index contributed by atoms with van der Waals surface area (Å²) in [5.41, 5.74) is 2.94. The van der Waals surface area contributed by atoms with Crippen molar-refractivity contribution in [2.45, 2.75) is 32.0 Å². The first-order chi connectivity index (χ1) is 13.0. The molecule has 1 aliphatic rings. The first kappa shape index (κ1) is 19.8. The van der Waals surface area contributed by atoms with E-state index >= 15 is 0 Å². The molecule has 1 aliphatic heterocycles. The van der Waals surface area contributed by atoms with Gasteiger partial charge in [-0.2, -0.15) is 0 Å². The van der Waals surface area contributed by atoms with Crippen LogP contribution in [0.3, 0.4) is 0 Å². The lowest BCUT2D eigenvalue weighted by Crippen LogP contribution is -2.36. The van der Waals surface area contributed by atoms with Gasteiger partial charge in [0.25, 0.3) is 0 Å². The van der Waals surface area contributed by atoms with Crippen molar-refractivity contribution in [3.8, 4) is 0 Å². The number of amides is 1. The highest BCUT2D eigenvalue weighted by Gasteiger charge is 2.19. The van der Waals surface area contributed by atoms with E-state index in [1.165, 1.54) is 23.9 Å². The van der Waals surface area contributed by atoms with Crippen LogP contribution in [-0.4, -0.2) is 57.6 Å². The van der Waals surface area contributed by atoms with Gasteiger partial charge >= 0.3 is 0 Å². The van der Waals surface area contributed by atoms with E-state index in [9.17, 15) is 9.18 Å². The molecule has 2 aromatic rings. The number of hydrogen-bond donors (Lipinski definition) is 0. The minimum Gasteiger partial charge on any atom is -0.341 e. The summed E-state index contributed by atoms with van der Waals surface area (Å²) in [7, 11) is 0. The van der Waals surface area contributed by atoms with E-state index in [-0.39, 0.29) is 11.7 Å². The van der Waals surface area contributed by atoms with Crippen molar-refractivity contribution in [2.24, 2.45) is 0 Å². The lowest BCUT2D eigenvalue weighted by Gasteiger charge is -2.22. The van der Waals surface area contributed by atoms with Crippen LogP contribution in [-0.2, 0) is 11.3 Å². The molecule has 3 rings (SSSR count). The van der Waals surface area contributed by atoms with Crippen LogP contribution in [0.25, 0.3) is 0 Å². The number of aromatic nitrogens is 2. The van der Waals surface area contributed by atoms with Crippen molar-refractivity contribution in [3.05, 3.63) is 53.1 Å². The molecule has 0 spiro atoms. The molecule has 0 unspecified atom stereocenters. The zero-order valence-corrected chi connectivity index (χ0v) is 16.6. The first-order valence-corrected chi connectivity index (χ1v) is 10.2. The van der Waals surface area contributed by atoms with E-state index in [1.807, 2.05) is 36.9 Å². The highest BCUT2D eigenvalue weighted by molar-refractivity contribution is 7.99. The topological polar surface area (TPSA) is 49.3 Å². The molecule has 0 aliphatic carbocycles. The maximum atomic E-state index is 13.0. The van der Waals surface area contributed by atoms with E-state index < -0.39 is 0 Å². The number of aryl methyl sites for hydroxylation is 2. The number of rotatable bonds is 5. The van der Waals surface area contributed by atoms with Crippen LogP contribution in [0.1, 0.15) is 23.4 Å². The molecule has 1 aromatic carbocycles. The Labute approximate surface area is 164 Å². The smallest absolute Gasteiger partial charge is 0.233 e. The van der Waals surface area contributed by atoms with Crippen molar-refractivity contribution in [3.63, 3.8) is 0 Å². The molecule has 1 amide bonds. The van der Waals surface area contributed by atoms with E-state index in [0.29, 0.717) is 17.5 Å². The van der Waals surface area contributed by atoms with Crippen LogP contribution in [0.2, 0.25) is 0 Å². The third kappa shape index (κ3) is 6.01. The molecule has 7 heteroatoms. The van der Waals surface area contributed by atoms with E-state index in [4.69, 9.17) is 0 Å². The van der Waals surface area contributed by atoms with Gasteiger partial charge in [-0.15, -0.1) is 0 Å². The summed E-state index contributed by atoms with van der Waals surface area (Å²) in [6.45, 7) is 7.91.